The highest BCUT2D eigenvalue weighted by Crippen LogP contribution is 2.49. The smallest absolute Gasteiger partial charge is 0.335 e. The second kappa shape index (κ2) is 11.0. The summed E-state index contributed by atoms with van der Waals surface area (Å²) >= 11 is 6.12. The zero-order chi connectivity index (χ0) is 23.3. The third-order valence-electron chi connectivity index (χ3n) is 6.17. The van der Waals surface area contributed by atoms with Crippen molar-refractivity contribution in [3.63, 3.8) is 0 Å². The van der Waals surface area contributed by atoms with Crippen molar-refractivity contribution in [2.24, 2.45) is 5.92 Å². The number of hydrogen-bond donors (Lipinski definition) is 1. The van der Waals surface area contributed by atoms with Gasteiger partial charge in [-0.1, -0.05) is 56.2 Å². The largest absolute Gasteiger partial charge is 0.493 e. The van der Waals surface area contributed by atoms with Gasteiger partial charge >= 0.3 is 5.97 Å². The van der Waals surface area contributed by atoms with Gasteiger partial charge in [0.25, 0.3) is 0 Å². The van der Waals surface area contributed by atoms with Gasteiger partial charge in [0.2, 0.25) is 0 Å². The normalized spacial score (nSPS) is 23.0. The van der Waals surface area contributed by atoms with Crippen LogP contribution in [0, 0.1) is 5.92 Å². The molecule has 1 aliphatic heterocycles. The molecule has 1 heterocycles. The Morgan fingerprint density at radius 1 is 1.19 bits per heavy atom. The predicted octanol–water partition coefficient (Wildman–Crippen LogP) is 7.43. The molecule has 172 valence electrons. The van der Waals surface area contributed by atoms with E-state index in [2.05, 4.69) is 25.6 Å². The van der Waals surface area contributed by atoms with Crippen molar-refractivity contribution in [1.29, 1.82) is 0 Å². The van der Waals surface area contributed by atoms with E-state index in [0.717, 1.165) is 41.8 Å². The van der Waals surface area contributed by atoms with E-state index in [1.807, 2.05) is 26.0 Å². The van der Waals surface area contributed by atoms with Gasteiger partial charge in [0.05, 0.1) is 24.4 Å². The summed E-state index contributed by atoms with van der Waals surface area (Å²) in [6.07, 6.45) is 3.35. The molecule has 3 rings (SSSR count). The van der Waals surface area contributed by atoms with E-state index in [4.69, 9.17) is 21.1 Å². The van der Waals surface area contributed by atoms with Crippen molar-refractivity contribution >= 4 is 17.6 Å². The Labute approximate surface area is 196 Å². The van der Waals surface area contributed by atoms with Crippen LogP contribution in [0.2, 0.25) is 5.02 Å². The molecule has 0 aromatic heterocycles. The molecule has 0 saturated carbocycles. The van der Waals surface area contributed by atoms with E-state index in [0.29, 0.717) is 12.4 Å². The Hall–Kier alpha value is -2.30. The molecule has 4 atom stereocenters. The average molecular weight is 457 g/mol. The van der Waals surface area contributed by atoms with Crippen molar-refractivity contribution in [2.75, 3.05) is 6.61 Å². The molecular formula is C27H33ClO4. The molecule has 0 aliphatic carbocycles. The lowest BCUT2D eigenvalue weighted by Crippen LogP contribution is -2.36. The molecule has 1 fully saturated rings. The number of carbonyl (C=O) groups is 1. The fraction of sp³-hybridized carbons (Fsp3) is 0.444. The number of ether oxygens (including phenoxy) is 2. The summed E-state index contributed by atoms with van der Waals surface area (Å²) in [6, 6.07) is 13.1. The molecule has 2 aromatic rings. The molecule has 0 spiro atoms. The van der Waals surface area contributed by atoms with Crippen LogP contribution in [0.4, 0.5) is 0 Å². The molecule has 0 bridgehead atoms. The van der Waals surface area contributed by atoms with Crippen LogP contribution < -0.4 is 4.74 Å². The van der Waals surface area contributed by atoms with E-state index in [1.54, 1.807) is 18.2 Å². The van der Waals surface area contributed by atoms with Gasteiger partial charge in [-0.05, 0) is 62.1 Å². The number of hydrogen-bond acceptors (Lipinski definition) is 3. The van der Waals surface area contributed by atoms with Crippen molar-refractivity contribution in [1.82, 2.24) is 0 Å². The van der Waals surface area contributed by atoms with Gasteiger partial charge in [0.15, 0.2) is 0 Å². The zero-order valence-electron chi connectivity index (χ0n) is 19.1. The summed E-state index contributed by atoms with van der Waals surface area (Å²) < 4.78 is 12.8. The van der Waals surface area contributed by atoms with Gasteiger partial charge < -0.3 is 14.6 Å². The van der Waals surface area contributed by atoms with E-state index in [-0.39, 0.29) is 29.6 Å². The Balaban J connectivity index is 2.03. The number of benzene rings is 2. The molecular weight excluding hydrogens is 424 g/mol. The van der Waals surface area contributed by atoms with Gasteiger partial charge in [0.1, 0.15) is 5.75 Å². The highest BCUT2D eigenvalue weighted by molar-refractivity contribution is 6.30. The zero-order valence-corrected chi connectivity index (χ0v) is 19.9. The van der Waals surface area contributed by atoms with Crippen LogP contribution in [0.15, 0.2) is 54.6 Å². The van der Waals surface area contributed by atoms with Gasteiger partial charge in [-0.25, -0.2) is 4.79 Å². The SMILES string of the molecule is C=C(C)[C@H]1C[C@H](c2ccc(Cl)cc2)[C@H](CCC)O[C@@H]1c1cc(C(=O)O)ccc1OCCC. The fourth-order valence-corrected chi connectivity index (χ4v) is 4.66. The first-order chi connectivity index (χ1) is 15.3. The third kappa shape index (κ3) is 5.54. The van der Waals surface area contributed by atoms with Crippen LogP contribution in [0.5, 0.6) is 5.75 Å². The summed E-state index contributed by atoms with van der Waals surface area (Å²) in [4.78, 5) is 11.7. The van der Waals surface area contributed by atoms with Crippen LogP contribution >= 0.6 is 11.6 Å². The van der Waals surface area contributed by atoms with Crippen molar-refractivity contribution in [3.05, 3.63) is 76.3 Å². The number of carboxylic acids is 1. The van der Waals surface area contributed by atoms with Crippen LogP contribution in [0.1, 0.15) is 80.0 Å². The maximum Gasteiger partial charge on any atom is 0.335 e. The quantitative estimate of drug-likeness (QED) is 0.398. The number of carboxylic acid groups (broad SMARTS) is 1. The average Bonchev–Trinajstić information content (AvgIpc) is 2.78. The minimum Gasteiger partial charge on any atom is -0.493 e. The lowest BCUT2D eigenvalue weighted by atomic mass is 9.74. The van der Waals surface area contributed by atoms with Gasteiger partial charge in [-0.15, -0.1) is 0 Å². The summed E-state index contributed by atoms with van der Waals surface area (Å²) in [5.41, 5.74) is 3.26. The topological polar surface area (TPSA) is 55.8 Å². The molecule has 1 saturated heterocycles. The highest BCUT2D eigenvalue weighted by atomic mass is 35.5. The van der Waals surface area contributed by atoms with Crippen LogP contribution in [-0.4, -0.2) is 23.8 Å². The molecule has 2 aromatic carbocycles. The first-order valence-electron chi connectivity index (χ1n) is 11.4. The maximum atomic E-state index is 11.7. The van der Waals surface area contributed by atoms with Gasteiger partial charge in [-0.2, -0.15) is 0 Å². The van der Waals surface area contributed by atoms with Crippen molar-refractivity contribution in [3.8, 4) is 5.75 Å². The summed E-state index contributed by atoms with van der Waals surface area (Å²) in [6.45, 7) is 11.1. The van der Waals surface area contributed by atoms with Crippen LogP contribution in [0.3, 0.4) is 0 Å². The highest BCUT2D eigenvalue weighted by Gasteiger charge is 2.40. The van der Waals surface area contributed by atoms with E-state index < -0.39 is 5.97 Å². The van der Waals surface area contributed by atoms with Crippen LogP contribution in [-0.2, 0) is 4.74 Å². The standard InChI is InChI=1S/C27H33ClO4/c1-5-7-25-22(18-8-11-20(28)12-9-18)16-21(17(3)4)26(32-25)23-15-19(27(29)30)10-13-24(23)31-14-6-2/h8-13,15,21-22,25-26H,3,5-7,14,16H2,1-2,4H3,(H,29,30)/t21-,22-,25+,26+/m1/s1. The molecule has 32 heavy (non-hydrogen) atoms. The Morgan fingerprint density at radius 2 is 1.91 bits per heavy atom. The first-order valence-corrected chi connectivity index (χ1v) is 11.8. The van der Waals surface area contributed by atoms with E-state index >= 15 is 0 Å². The van der Waals surface area contributed by atoms with E-state index in [9.17, 15) is 9.90 Å². The van der Waals surface area contributed by atoms with Gasteiger partial charge in [0, 0.05) is 22.4 Å². The number of rotatable bonds is 9. The predicted molar refractivity (Wildman–Crippen MR) is 129 cm³/mol. The molecule has 4 nitrogen and oxygen atoms in total. The second-order valence-electron chi connectivity index (χ2n) is 8.64. The monoisotopic (exact) mass is 456 g/mol. The van der Waals surface area contributed by atoms with Crippen LogP contribution in [0.25, 0.3) is 0 Å². The number of halogens is 1. The second-order valence-corrected chi connectivity index (χ2v) is 9.07. The molecule has 0 radical (unpaired) electrons. The Bertz CT molecular complexity index is 937. The lowest BCUT2D eigenvalue weighted by molar-refractivity contribution is -0.0932. The molecule has 1 aliphatic rings. The van der Waals surface area contributed by atoms with Crippen molar-refractivity contribution in [2.45, 2.75) is 64.6 Å². The molecule has 0 amide bonds. The molecule has 5 heteroatoms. The maximum absolute atomic E-state index is 11.7. The minimum atomic E-state index is -0.958. The molecule has 0 unspecified atom stereocenters. The lowest BCUT2D eigenvalue weighted by Gasteiger charge is -2.43. The summed E-state index contributed by atoms with van der Waals surface area (Å²) in [5, 5.41) is 10.3. The third-order valence-corrected chi connectivity index (χ3v) is 6.42. The Kier molecular flexibility index (Phi) is 8.38. The summed E-state index contributed by atoms with van der Waals surface area (Å²) in [7, 11) is 0. The van der Waals surface area contributed by atoms with E-state index in [1.165, 1.54) is 5.56 Å². The van der Waals surface area contributed by atoms with Gasteiger partial charge in [-0.3, -0.25) is 0 Å². The Morgan fingerprint density at radius 3 is 2.50 bits per heavy atom. The molecule has 1 N–H and O–H groups in total. The summed E-state index contributed by atoms with van der Waals surface area (Å²) in [5.74, 6) is -0.0157. The number of aromatic carboxylic acids is 1. The fourth-order valence-electron chi connectivity index (χ4n) is 4.54. The minimum absolute atomic E-state index is 0.00860. The first kappa shape index (κ1) is 24.3. The van der Waals surface area contributed by atoms with Crippen molar-refractivity contribution < 1.29 is 19.4 Å².